The standard InChI is InChI=1S/C33H59N5O4.ClH/c1-5-8-13-19-31(39)35-24-26-38(36-32(40)20-14-9-6-2,37-33(41)21-15-10-7-3)25-17-12-11-16-18-28-22-23-30(42-4)29(34)27-28;/h22-23,27H,5-21,24-26,34H2,1-4H3,(H2-,35,36,37,39,40,41);1H. The van der Waals surface area contributed by atoms with E-state index in [9.17, 15) is 14.4 Å². The largest absolute Gasteiger partial charge is 1.00 e. The average Bonchev–Trinajstić information content (AvgIpc) is 2.95. The maximum Gasteiger partial charge on any atom is 0.267 e. The van der Waals surface area contributed by atoms with E-state index in [4.69, 9.17) is 10.5 Å². The summed E-state index contributed by atoms with van der Waals surface area (Å²) in [6.07, 6.45) is 14.8. The number of rotatable bonds is 25. The predicted molar refractivity (Wildman–Crippen MR) is 171 cm³/mol. The first kappa shape index (κ1) is 40.5. The SMILES string of the molecule is CCCCCC(=O)NCC[N+](CCCCCCc1ccc(OC)c(N)c1)(NC(=O)CCCCC)NC(=O)CCCCC.[Cl-]. The van der Waals surface area contributed by atoms with Crippen molar-refractivity contribution in [1.82, 2.24) is 16.2 Å². The Hall–Kier alpha value is -2.52. The number of nitrogens with two attached hydrogens (primary N) is 1. The van der Waals surface area contributed by atoms with Crippen LogP contribution in [0.2, 0.25) is 0 Å². The number of aryl methyl sites for hydroxylation is 1. The van der Waals surface area contributed by atoms with Crippen molar-refractivity contribution in [2.45, 2.75) is 130 Å². The number of hydrogen-bond donors (Lipinski definition) is 4. The number of benzene rings is 1. The highest BCUT2D eigenvalue weighted by Gasteiger charge is 2.32. The van der Waals surface area contributed by atoms with Crippen LogP contribution in [0.15, 0.2) is 18.2 Å². The van der Waals surface area contributed by atoms with Gasteiger partial charge in [-0.2, -0.15) is 10.9 Å². The fourth-order valence-corrected chi connectivity index (χ4v) is 5.04. The maximum absolute atomic E-state index is 13.0. The van der Waals surface area contributed by atoms with Crippen molar-refractivity contribution < 1.29 is 36.2 Å². The third-order valence-corrected chi connectivity index (χ3v) is 7.56. The zero-order valence-corrected chi connectivity index (χ0v) is 28.2. The number of hydrogen-bond acceptors (Lipinski definition) is 5. The first-order chi connectivity index (χ1) is 20.3. The molecule has 1 rings (SSSR count). The van der Waals surface area contributed by atoms with E-state index in [1.807, 2.05) is 12.1 Å². The number of anilines is 1. The van der Waals surface area contributed by atoms with Crippen LogP contribution >= 0.6 is 0 Å². The molecule has 0 spiro atoms. The Morgan fingerprint density at radius 3 is 1.77 bits per heavy atom. The smallest absolute Gasteiger partial charge is 0.267 e. The summed E-state index contributed by atoms with van der Waals surface area (Å²) in [6.45, 7) is 7.70. The van der Waals surface area contributed by atoms with Gasteiger partial charge in [-0.3, -0.25) is 14.4 Å². The Kier molecular flexibility index (Phi) is 23.4. The molecule has 0 saturated heterocycles. The summed E-state index contributed by atoms with van der Waals surface area (Å²) >= 11 is 0. The first-order valence-corrected chi connectivity index (χ1v) is 16.5. The molecule has 1 aromatic rings. The highest BCUT2D eigenvalue weighted by atomic mass is 35.5. The second-order valence-electron chi connectivity index (χ2n) is 11.4. The second-order valence-corrected chi connectivity index (χ2v) is 11.4. The van der Waals surface area contributed by atoms with Crippen LogP contribution in [0, 0.1) is 0 Å². The lowest BCUT2D eigenvalue weighted by Gasteiger charge is -2.37. The van der Waals surface area contributed by atoms with Gasteiger partial charge in [-0.1, -0.05) is 71.8 Å². The molecule has 1 aromatic carbocycles. The highest BCUT2D eigenvalue weighted by Crippen LogP contribution is 2.23. The summed E-state index contributed by atoms with van der Waals surface area (Å²) in [4.78, 5) is 38.5. The topological polar surface area (TPSA) is 123 Å². The van der Waals surface area contributed by atoms with E-state index < -0.39 is 0 Å². The quantitative estimate of drug-likeness (QED) is 0.0576. The molecule has 10 heteroatoms. The van der Waals surface area contributed by atoms with Gasteiger partial charge in [0.2, 0.25) is 5.91 Å². The van der Waals surface area contributed by atoms with Gasteiger partial charge >= 0.3 is 0 Å². The number of nitrogen functional groups attached to an aromatic ring is 1. The lowest BCUT2D eigenvalue weighted by atomic mass is 10.1. The van der Waals surface area contributed by atoms with Gasteiger partial charge in [0.15, 0.2) is 0 Å². The fraction of sp³-hybridized carbons (Fsp3) is 0.727. The number of amides is 3. The minimum absolute atomic E-state index is 0. The van der Waals surface area contributed by atoms with Gasteiger partial charge in [-0.15, -0.1) is 4.70 Å². The van der Waals surface area contributed by atoms with Gasteiger partial charge in [0, 0.05) is 25.7 Å². The Bertz CT molecular complexity index is 891. The van der Waals surface area contributed by atoms with E-state index in [-0.39, 0.29) is 34.8 Å². The number of carbonyl (C=O) groups is 3. The van der Waals surface area contributed by atoms with Crippen LogP contribution in [0.25, 0.3) is 0 Å². The van der Waals surface area contributed by atoms with Crippen molar-refractivity contribution in [1.29, 1.82) is 0 Å². The summed E-state index contributed by atoms with van der Waals surface area (Å²) in [5, 5.41) is 3.01. The summed E-state index contributed by atoms with van der Waals surface area (Å²) < 4.78 is 5.22. The van der Waals surface area contributed by atoms with Crippen LogP contribution in [0.4, 0.5) is 5.69 Å². The van der Waals surface area contributed by atoms with Crippen molar-refractivity contribution in [3.8, 4) is 5.75 Å². The molecule has 0 aliphatic rings. The van der Waals surface area contributed by atoms with E-state index in [0.717, 1.165) is 89.9 Å². The van der Waals surface area contributed by atoms with E-state index in [2.05, 4.69) is 43.0 Å². The Morgan fingerprint density at radius 1 is 0.721 bits per heavy atom. The molecule has 43 heavy (non-hydrogen) atoms. The van der Waals surface area contributed by atoms with Crippen molar-refractivity contribution in [3.63, 3.8) is 0 Å². The van der Waals surface area contributed by atoms with E-state index in [1.54, 1.807) is 7.11 Å². The van der Waals surface area contributed by atoms with Crippen molar-refractivity contribution >= 4 is 23.4 Å². The van der Waals surface area contributed by atoms with Gasteiger partial charge in [0.1, 0.15) is 18.8 Å². The average molecular weight is 626 g/mol. The number of methoxy groups -OCH3 is 1. The number of nitrogens with one attached hydrogen (secondary N) is 3. The van der Waals surface area contributed by atoms with E-state index >= 15 is 0 Å². The van der Waals surface area contributed by atoms with Crippen LogP contribution in [-0.2, 0) is 20.8 Å². The van der Waals surface area contributed by atoms with Gasteiger partial charge < -0.3 is 28.2 Å². The van der Waals surface area contributed by atoms with Crippen molar-refractivity contribution in [2.75, 3.05) is 32.5 Å². The van der Waals surface area contributed by atoms with Crippen LogP contribution < -0.4 is 39.0 Å². The number of quaternary nitrogens is 1. The van der Waals surface area contributed by atoms with Gasteiger partial charge in [0.25, 0.3) is 11.8 Å². The molecule has 0 aromatic heterocycles. The number of halogens is 1. The summed E-state index contributed by atoms with van der Waals surface area (Å²) in [5.74, 6) is 0.579. The molecule has 0 radical (unpaired) electrons. The Morgan fingerprint density at radius 2 is 1.26 bits per heavy atom. The molecule has 0 bridgehead atoms. The molecule has 3 amide bonds. The molecule has 0 heterocycles. The molecular formula is C33H60ClN5O4. The molecule has 0 atom stereocenters. The Labute approximate surface area is 267 Å². The third-order valence-electron chi connectivity index (χ3n) is 7.56. The van der Waals surface area contributed by atoms with Crippen LogP contribution in [-0.4, -0.2) is 49.2 Å². The lowest BCUT2D eigenvalue weighted by molar-refractivity contribution is -0.992. The molecule has 0 aliphatic carbocycles. The zero-order chi connectivity index (χ0) is 31.1. The summed E-state index contributed by atoms with van der Waals surface area (Å²) in [7, 11) is 1.62. The number of ether oxygens (including phenoxy) is 1. The fourth-order valence-electron chi connectivity index (χ4n) is 5.04. The molecule has 5 N–H and O–H groups in total. The molecule has 248 valence electrons. The Balaban J connectivity index is 0.0000176. The molecular weight excluding hydrogens is 566 g/mol. The van der Waals surface area contributed by atoms with Crippen LogP contribution in [0.3, 0.4) is 0 Å². The number of carbonyl (C=O) groups excluding carboxylic acids is 3. The number of unbranched alkanes of at least 4 members (excludes halogenated alkanes) is 9. The predicted octanol–water partition coefficient (Wildman–Crippen LogP) is 3.12. The monoisotopic (exact) mass is 625 g/mol. The van der Waals surface area contributed by atoms with Gasteiger partial charge in [0.05, 0.1) is 19.3 Å². The van der Waals surface area contributed by atoms with Crippen LogP contribution in [0.5, 0.6) is 5.75 Å². The number of nitrogens with zero attached hydrogens (tertiary/aromatic N) is 1. The maximum atomic E-state index is 13.0. The lowest BCUT2D eigenvalue weighted by Crippen LogP contribution is -3.00. The van der Waals surface area contributed by atoms with Crippen molar-refractivity contribution in [2.24, 2.45) is 0 Å². The van der Waals surface area contributed by atoms with Gasteiger partial charge in [-0.05, 0) is 56.2 Å². The first-order valence-electron chi connectivity index (χ1n) is 16.5. The van der Waals surface area contributed by atoms with Gasteiger partial charge in [-0.25, -0.2) is 0 Å². The zero-order valence-electron chi connectivity index (χ0n) is 27.4. The molecule has 0 aliphatic heterocycles. The molecule has 0 saturated carbocycles. The second kappa shape index (κ2) is 24.9. The molecule has 9 nitrogen and oxygen atoms in total. The molecule has 0 unspecified atom stereocenters. The molecule has 0 fully saturated rings. The normalized spacial score (nSPS) is 11.0. The third kappa shape index (κ3) is 18.7. The van der Waals surface area contributed by atoms with E-state index in [1.165, 1.54) is 5.56 Å². The summed E-state index contributed by atoms with van der Waals surface area (Å²) in [5.41, 5.74) is 14.2. The van der Waals surface area contributed by atoms with E-state index in [0.29, 0.717) is 50.3 Å². The minimum Gasteiger partial charge on any atom is -1.00 e. The highest BCUT2D eigenvalue weighted by molar-refractivity contribution is 5.76. The summed E-state index contributed by atoms with van der Waals surface area (Å²) in [6, 6.07) is 5.93. The van der Waals surface area contributed by atoms with Crippen LogP contribution in [0.1, 0.15) is 129 Å². The van der Waals surface area contributed by atoms with Crippen molar-refractivity contribution in [3.05, 3.63) is 23.8 Å². The minimum atomic E-state index is -0.0660.